The first-order valence-corrected chi connectivity index (χ1v) is 9.54. The third-order valence-corrected chi connectivity index (χ3v) is 4.86. The molecule has 0 aliphatic carbocycles. The molecule has 30 heavy (non-hydrogen) atoms. The summed E-state index contributed by atoms with van der Waals surface area (Å²) in [7, 11) is 1.65. The average molecular weight is 402 g/mol. The molecule has 1 N–H and O–H groups in total. The van der Waals surface area contributed by atoms with Gasteiger partial charge in [0.25, 0.3) is 5.91 Å². The molecule has 8 nitrogen and oxygen atoms in total. The Morgan fingerprint density at radius 1 is 1.17 bits per heavy atom. The van der Waals surface area contributed by atoms with E-state index < -0.39 is 0 Å². The molecule has 0 fully saturated rings. The molecule has 4 rings (SSSR count). The van der Waals surface area contributed by atoms with Crippen molar-refractivity contribution in [2.75, 3.05) is 7.11 Å². The first-order valence-electron chi connectivity index (χ1n) is 9.54. The number of benzene rings is 2. The van der Waals surface area contributed by atoms with E-state index in [0.29, 0.717) is 12.1 Å². The van der Waals surface area contributed by atoms with Crippen LogP contribution in [0.4, 0.5) is 0 Å². The van der Waals surface area contributed by atoms with Gasteiger partial charge in [-0.1, -0.05) is 6.07 Å². The van der Waals surface area contributed by atoms with Crippen LogP contribution in [-0.4, -0.2) is 37.6 Å². The Kier molecular flexibility index (Phi) is 5.56. The number of ether oxygens (including phenoxy) is 1. The van der Waals surface area contributed by atoms with Crippen LogP contribution in [0, 0.1) is 0 Å². The Bertz CT molecular complexity index is 1110. The number of methoxy groups -OCH3 is 1. The van der Waals surface area contributed by atoms with Crippen LogP contribution in [0.15, 0.2) is 73.6 Å². The van der Waals surface area contributed by atoms with E-state index >= 15 is 0 Å². The Hall–Kier alpha value is -3.94. The molecule has 0 radical (unpaired) electrons. The highest BCUT2D eigenvalue weighted by molar-refractivity contribution is 5.94. The zero-order chi connectivity index (χ0) is 20.9. The SMILES string of the molecule is COc1ccc([C@@H](C)NC(=O)c2ccc(-n3cncn3)cc2)cc1Cn1cccn1. The monoisotopic (exact) mass is 402 g/mol. The summed E-state index contributed by atoms with van der Waals surface area (Å²) in [6.07, 6.45) is 6.73. The second-order valence-electron chi connectivity index (χ2n) is 6.86. The van der Waals surface area contributed by atoms with E-state index in [-0.39, 0.29) is 11.9 Å². The third kappa shape index (κ3) is 4.22. The Morgan fingerprint density at radius 3 is 2.67 bits per heavy atom. The first kappa shape index (κ1) is 19.4. The van der Waals surface area contributed by atoms with Gasteiger partial charge < -0.3 is 10.1 Å². The number of aromatic nitrogens is 5. The lowest BCUT2D eigenvalue weighted by molar-refractivity contribution is 0.0940. The molecule has 0 bridgehead atoms. The van der Waals surface area contributed by atoms with Crippen molar-refractivity contribution in [1.29, 1.82) is 0 Å². The van der Waals surface area contributed by atoms with Gasteiger partial charge in [-0.05, 0) is 55.0 Å². The number of nitrogens with one attached hydrogen (secondary N) is 1. The summed E-state index contributed by atoms with van der Waals surface area (Å²) in [5.41, 5.74) is 3.41. The normalized spacial score (nSPS) is 11.8. The van der Waals surface area contributed by atoms with E-state index in [1.807, 2.05) is 54.2 Å². The highest BCUT2D eigenvalue weighted by Gasteiger charge is 2.14. The molecule has 8 heteroatoms. The molecule has 0 saturated carbocycles. The molecule has 4 aromatic rings. The average Bonchev–Trinajstić information content (AvgIpc) is 3.48. The van der Waals surface area contributed by atoms with Gasteiger partial charge in [-0.25, -0.2) is 9.67 Å². The van der Waals surface area contributed by atoms with Gasteiger partial charge in [0.05, 0.1) is 25.4 Å². The van der Waals surface area contributed by atoms with Crippen molar-refractivity contribution in [3.63, 3.8) is 0 Å². The van der Waals surface area contributed by atoms with Crippen LogP contribution < -0.4 is 10.1 Å². The summed E-state index contributed by atoms with van der Waals surface area (Å²) in [5, 5.41) is 11.4. The molecule has 2 heterocycles. The number of carbonyl (C=O) groups excluding carboxylic acids is 1. The van der Waals surface area contributed by atoms with Crippen molar-refractivity contribution in [2.24, 2.45) is 0 Å². The highest BCUT2D eigenvalue weighted by Crippen LogP contribution is 2.24. The summed E-state index contributed by atoms with van der Waals surface area (Å²) in [4.78, 5) is 16.6. The van der Waals surface area contributed by atoms with Crippen LogP contribution >= 0.6 is 0 Å². The van der Waals surface area contributed by atoms with Crippen LogP contribution in [-0.2, 0) is 6.54 Å². The Balaban J connectivity index is 1.47. The maximum atomic E-state index is 12.7. The molecule has 0 aliphatic rings. The molecule has 1 atom stereocenters. The van der Waals surface area contributed by atoms with E-state index in [4.69, 9.17) is 4.74 Å². The van der Waals surface area contributed by atoms with Gasteiger partial charge in [0, 0.05) is 23.5 Å². The highest BCUT2D eigenvalue weighted by atomic mass is 16.5. The van der Waals surface area contributed by atoms with Crippen LogP contribution in [0.3, 0.4) is 0 Å². The standard InChI is InChI=1S/C22H22N6O2/c1-16(18-6-9-21(30-2)19(12-18)13-27-11-3-10-24-27)26-22(29)17-4-7-20(8-5-17)28-15-23-14-25-28/h3-12,14-16H,13H2,1-2H3,(H,26,29)/t16-/m1/s1. The molecule has 2 aromatic heterocycles. The fourth-order valence-electron chi connectivity index (χ4n) is 3.23. The number of amides is 1. The number of nitrogens with zero attached hydrogens (tertiary/aromatic N) is 5. The van der Waals surface area contributed by atoms with Crippen LogP contribution in [0.25, 0.3) is 5.69 Å². The molecule has 0 unspecified atom stereocenters. The quantitative estimate of drug-likeness (QED) is 0.513. The Morgan fingerprint density at radius 2 is 2.00 bits per heavy atom. The maximum Gasteiger partial charge on any atom is 0.251 e. The van der Waals surface area contributed by atoms with E-state index in [0.717, 1.165) is 22.6 Å². The van der Waals surface area contributed by atoms with Crippen molar-refractivity contribution >= 4 is 5.91 Å². The molecule has 0 aliphatic heterocycles. The summed E-state index contributed by atoms with van der Waals surface area (Å²) in [5.74, 6) is 0.647. The first-order chi connectivity index (χ1) is 14.6. The van der Waals surface area contributed by atoms with Crippen molar-refractivity contribution in [3.8, 4) is 11.4 Å². The minimum Gasteiger partial charge on any atom is -0.496 e. The van der Waals surface area contributed by atoms with Gasteiger partial charge in [-0.2, -0.15) is 10.2 Å². The summed E-state index contributed by atoms with van der Waals surface area (Å²) in [6, 6.07) is 14.9. The summed E-state index contributed by atoms with van der Waals surface area (Å²) >= 11 is 0. The van der Waals surface area contributed by atoms with Gasteiger partial charge >= 0.3 is 0 Å². The maximum absolute atomic E-state index is 12.7. The topological polar surface area (TPSA) is 86.9 Å². The fourth-order valence-corrected chi connectivity index (χ4v) is 3.23. The van der Waals surface area contributed by atoms with Crippen LogP contribution in [0.1, 0.15) is 34.5 Å². The summed E-state index contributed by atoms with van der Waals surface area (Å²) in [6.45, 7) is 2.55. The van der Waals surface area contributed by atoms with E-state index in [9.17, 15) is 4.79 Å². The molecular formula is C22H22N6O2. The number of carbonyl (C=O) groups is 1. The van der Waals surface area contributed by atoms with Gasteiger partial charge in [0.1, 0.15) is 18.4 Å². The zero-order valence-corrected chi connectivity index (χ0v) is 16.8. The molecule has 0 spiro atoms. The number of rotatable bonds is 7. The molecular weight excluding hydrogens is 380 g/mol. The van der Waals surface area contributed by atoms with Crippen molar-refractivity contribution in [1.82, 2.24) is 29.9 Å². The van der Waals surface area contributed by atoms with Gasteiger partial charge in [0.2, 0.25) is 0 Å². The van der Waals surface area contributed by atoms with Crippen molar-refractivity contribution in [2.45, 2.75) is 19.5 Å². The molecule has 2 aromatic carbocycles. The second kappa shape index (κ2) is 8.60. The molecule has 0 saturated heterocycles. The lowest BCUT2D eigenvalue weighted by Gasteiger charge is -2.17. The zero-order valence-electron chi connectivity index (χ0n) is 16.8. The number of hydrogen-bond acceptors (Lipinski definition) is 5. The lowest BCUT2D eigenvalue weighted by Crippen LogP contribution is -2.26. The predicted octanol–water partition coefficient (Wildman–Crippen LogP) is 3.01. The lowest BCUT2D eigenvalue weighted by atomic mass is 10.0. The van der Waals surface area contributed by atoms with E-state index in [1.165, 1.54) is 6.33 Å². The van der Waals surface area contributed by atoms with Gasteiger partial charge in [-0.3, -0.25) is 9.48 Å². The van der Waals surface area contributed by atoms with Crippen molar-refractivity contribution < 1.29 is 9.53 Å². The molecule has 1 amide bonds. The predicted molar refractivity (Wildman–Crippen MR) is 112 cm³/mol. The van der Waals surface area contributed by atoms with Crippen LogP contribution in [0.5, 0.6) is 5.75 Å². The van der Waals surface area contributed by atoms with Gasteiger partial charge in [-0.15, -0.1) is 0 Å². The van der Waals surface area contributed by atoms with Crippen molar-refractivity contribution in [3.05, 3.63) is 90.3 Å². The van der Waals surface area contributed by atoms with Gasteiger partial charge in [0.15, 0.2) is 0 Å². The minimum atomic E-state index is -0.172. The smallest absolute Gasteiger partial charge is 0.251 e. The Labute approximate surface area is 174 Å². The fraction of sp³-hybridized carbons (Fsp3) is 0.182. The third-order valence-electron chi connectivity index (χ3n) is 4.86. The summed E-state index contributed by atoms with van der Waals surface area (Å²) < 4.78 is 8.96. The molecule has 152 valence electrons. The second-order valence-corrected chi connectivity index (χ2v) is 6.86. The van der Waals surface area contributed by atoms with E-state index in [2.05, 4.69) is 20.5 Å². The largest absolute Gasteiger partial charge is 0.496 e. The number of hydrogen-bond donors (Lipinski definition) is 1. The van der Waals surface area contributed by atoms with Crippen LogP contribution in [0.2, 0.25) is 0 Å². The minimum absolute atomic E-state index is 0.142. The van der Waals surface area contributed by atoms with E-state index in [1.54, 1.807) is 36.4 Å².